The second-order valence-corrected chi connectivity index (χ2v) is 6.00. The fourth-order valence-electron chi connectivity index (χ4n) is 2.98. The number of nitrogens with zero attached hydrogens (tertiary/aromatic N) is 1. The van der Waals surface area contributed by atoms with Gasteiger partial charge in [-0.15, -0.1) is 0 Å². The molecule has 1 heterocycles. The molecule has 3 rings (SSSR count). The fourth-order valence-corrected chi connectivity index (χ4v) is 2.98. The van der Waals surface area contributed by atoms with Crippen molar-refractivity contribution in [2.45, 2.75) is 32.1 Å². The quantitative estimate of drug-likeness (QED) is 0.866. The Morgan fingerprint density at radius 2 is 1.78 bits per heavy atom. The largest absolute Gasteiger partial charge is 0.324 e. The number of amides is 1. The summed E-state index contributed by atoms with van der Waals surface area (Å²) in [5.74, 6) is 0.244. The molecule has 1 saturated carbocycles. The Bertz CT molecular complexity index is 672. The Balaban J connectivity index is 1.66. The Morgan fingerprint density at radius 3 is 2.39 bits per heavy atom. The van der Waals surface area contributed by atoms with E-state index >= 15 is 0 Å². The van der Waals surface area contributed by atoms with Crippen LogP contribution in [0, 0.1) is 5.92 Å². The minimum Gasteiger partial charge on any atom is -0.324 e. The second-order valence-electron chi connectivity index (χ2n) is 6.00. The molecular weight excluding hydrogens is 288 g/mol. The van der Waals surface area contributed by atoms with Crippen molar-refractivity contribution >= 4 is 17.9 Å². The molecule has 1 aliphatic carbocycles. The summed E-state index contributed by atoms with van der Waals surface area (Å²) in [6, 6.07) is 11.0. The number of nitrogens with one attached hydrogen (secondary N) is 1. The number of rotatable bonds is 4. The number of aldehydes is 1. The third-order valence-corrected chi connectivity index (χ3v) is 4.35. The summed E-state index contributed by atoms with van der Waals surface area (Å²) in [6.07, 6.45) is 8.01. The smallest absolute Gasteiger partial charge is 0.227 e. The Labute approximate surface area is 135 Å². The number of carbonyl (C=O) groups is 2. The van der Waals surface area contributed by atoms with E-state index in [1.54, 1.807) is 18.3 Å². The summed E-state index contributed by atoms with van der Waals surface area (Å²) >= 11 is 0. The van der Waals surface area contributed by atoms with Crippen LogP contribution in [0.15, 0.2) is 42.6 Å². The molecule has 118 valence electrons. The van der Waals surface area contributed by atoms with Crippen molar-refractivity contribution in [2.75, 3.05) is 5.32 Å². The molecule has 0 radical (unpaired) electrons. The van der Waals surface area contributed by atoms with Crippen LogP contribution >= 0.6 is 0 Å². The van der Waals surface area contributed by atoms with Gasteiger partial charge < -0.3 is 5.32 Å². The van der Waals surface area contributed by atoms with Gasteiger partial charge in [-0.05, 0) is 25.0 Å². The van der Waals surface area contributed by atoms with Crippen LogP contribution in [0.1, 0.15) is 42.5 Å². The minimum absolute atomic E-state index is 0.106. The predicted molar refractivity (Wildman–Crippen MR) is 90.3 cm³/mol. The molecule has 0 unspecified atom stereocenters. The Morgan fingerprint density at radius 1 is 1.04 bits per heavy atom. The Hall–Kier alpha value is -2.49. The Kier molecular flexibility index (Phi) is 4.81. The van der Waals surface area contributed by atoms with Gasteiger partial charge in [0.15, 0.2) is 0 Å². The zero-order valence-electron chi connectivity index (χ0n) is 13.0. The first-order valence-electron chi connectivity index (χ1n) is 8.09. The lowest BCUT2D eigenvalue weighted by Gasteiger charge is -2.20. The summed E-state index contributed by atoms with van der Waals surface area (Å²) in [7, 11) is 0. The normalized spacial score (nSPS) is 15.1. The van der Waals surface area contributed by atoms with Gasteiger partial charge in [0, 0.05) is 17.0 Å². The molecule has 0 atom stereocenters. The van der Waals surface area contributed by atoms with E-state index in [4.69, 9.17) is 0 Å². The van der Waals surface area contributed by atoms with Crippen LogP contribution in [0.5, 0.6) is 0 Å². The molecule has 1 aromatic carbocycles. The lowest BCUT2D eigenvalue weighted by atomic mass is 9.88. The van der Waals surface area contributed by atoms with E-state index in [0.29, 0.717) is 5.56 Å². The van der Waals surface area contributed by atoms with Gasteiger partial charge in [0.1, 0.15) is 6.29 Å². The van der Waals surface area contributed by atoms with Gasteiger partial charge in [0.2, 0.25) is 5.91 Å². The number of pyridine rings is 1. The highest BCUT2D eigenvalue weighted by molar-refractivity contribution is 5.92. The van der Waals surface area contributed by atoms with Crippen molar-refractivity contribution in [1.82, 2.24) is 4.98 Å². The molecule has 0 aliphatic heterocycles. The number of aromatic nitrogens is 1. The highest BCUT2D eigenvalue weighted by Gasteiger charge is 2.21. The number of hydrogen-bond donors (Lipinski definition) is 1. The molecule has 2 aromatic rings. The van der Waals surface area contributed by atoms with Crippen molar-refractivity contribution in [3.63, 3.8) is 0 Å². The van der Waals surface area contributed by atoms with Crippen LogP contribution in [0.2, 0.25) is 0 Å². The highest BCUT2D eigenvalue weighted by Crippen LogP contribution is 2.25. The van der Waals surface area contributed by atoms with E-state index in [-0.39, 0.29) is 11.8 Å². The molecule has 1 aromatic heterocycles. The third kappa shape index (κ3) is 3.83. The molecule has 0 spiro atoms. The van der Waals surface area contributed by atoms with Crippen molar-refractivity contribution in [3.05, 3.63) is 48.2 Å². The number of benzene rings is 1. The first-order chi connectivity index (χ1) is 11.3. The van der Waals surface area contributed by atoms with Crippen molar-refractivity contribution in [1.29, 1.82) is 0 Å². The van der Waals surface area contributed by atoms with Crippen LogP contribution in [-0.2, 0) is 4.79 Å². The van der Waals surface area contributed by atoms with Gasteiger partial charge in [-0.3, -0.25) is 14.6 Å². The van der Waals surface area contributed by atoms with Crippen molar-refractivity contribution in [3.8, 4) is 11.3 Å². The van der Waals surface area contributed by atoms with Crippen LogP contribution in [0.4, 0.5) is 5.69 Å². The van der Waals surface area contributed by atoms with Crippen LogP contribution in [0.25, 0.3) is 11.3 Å². The number of hydrogen-bond acceptors (Lipinski definition) is 3. The van der Waals surface area contributed by atoms with E-state index < -0.39 is 0 Å². The van der Waals surface area contributed by atoms with E-state index in [9.17, 15) is 9.59 Å². The van der Waals surface area contributed by atoms with Gasteiger partial charge in [-0.2, -0.15) is 0 Å². The molecular formula is C19H20N2O2. The van der Waals surface area contributed by atoms with E-state index in [0.717, 1.165) is 48.9 Å². The van der Waals surface area contributed by atoms with Crippen molar-refractivity contribution in [2.24, 2.45) is 5.92 Å². The molecule has 1 fully saturated rings. The summed E-state index contributed by atoms with van der Waals surface area (Å²) < 4.78 is 0. The molecule has 0 bridgehead atoms. The van der Waals surface area contributed by atoms with E-state index in [1.165, 1.54) is 6.42 Å². The lowest BCUT2D eigenvalue weighted by Crippen LogP contribution is -2.24. The van der Waals surface area contributed by atoms with E-state index in [1.807, 2.05) is 24.3 Å². The zero-order valence-corrected chi connectivity index (χ0v) is 13.0. The average Bonchev–Trinajstić information content (AvgIpc) is 2.63. The fraction of sp³-hybridized carbons (Fsp3) is 0.316. The van der Waals surface area contributed by atoms with Crippen LogP contribution < -0.4 is 5.32 Å². The third-order valence-electron chi connectivity index (χ3n) is 4.35. The van der Waals surface area contributed by atoms with Crippen molar-refractivity contribution < 1.29 is 9.59 Å². The maximum Gasteiger partial charge on any atom is 0.227 e. The summed E-state index contributed by atoms with van der Waals surface area (Å²) in [4.78, 5) is 27.3. The standard InChI is InChI=1S/C19H20N2O2/c22-13-14-6-8-15(9-7-14)18-11-10-17(12-20-18)21-19(23)16-4-2-1-3-5-16/h6-13,16H,1-5H2,(H,21,23). The van der Waals surface area contributed by atoms with Gasteiger partial charge in [-0.1, -0.05) is 43.5 Å². The molecule has 1 N–H and O–H groups in total. The molecule has 4 heteroatoms. The number of carbonyl (C=O) groups excluding carboxylic acids is 2. The van der Waals surface area contributed by atoms with E-state index in [2.05, 4.69) is 10.3 Å². The summed E-state index contributed by atoms with van der Waals surface area (Å²) in [5, 5.41) is 2.96. The maximum atomic E-state index is 12.2. The monoisotopic (exact) mass is 308 g/mol. The molecule has 1 aliphatic rings. The SMILES string of the molecule is O=Cc1ccc(-c2ccc(NC(=O)C3CCCCC3)cn2)cc1. The van der Waals surface area contributed by atoms with Crippen LogP contribution in [-0.4, -0.2) is 17.2 Å². The first-order valence-corrected chi connectivity index (χ1v) is 8.09. The summed E-state index contributed by atoms with van der Waals surface area (Å²) in [6.45, 7) is 0. The topological polar surface area (TPSA) is 59.1 Å². The van der Waals surface area contributed by atoms with Gasteiger partial charge >= 0.3 is 0 Å². The molecule has 23 heavy (non-hydrogen) atoms. The number of anilines is 1. The molecule has 1 amide bonds. The second kappa shape index (κ2) is 7.18. The molecule has 4 nitrogen and oxygen atoms in total. The van der Waals surface area contributed by atoms with Gasteiger partial charge in [0.05, 0.1) is 17.6 Å². The molecule has 0 saturated heterocycles. The van der Waals surface area contributed by atoms with Gasteiger partial charge in [-0.25, -0.2) is 0 Å². The first kappa shape index (κ1) is 15.4. The maximum absolute atomic E-state index is 12.2. The van der Waals surface area contributed by atoms with Gasteiger partial charge in [0.25, 0.3) is 0 Å². The lowest BCUT2D eigenvalue weighted by molar-refractivity contribution is -0.120. The average molecular weight is 308 g/mol. The minimum atomic E-state index is 0.106. The highest BCUT2D eigenvalue weighted by atomic mass is 16.1. The van der Waals surface area contributed by atoms with Crippen LogP contribution in [0.3, 0.4) is 0 Å². The summed E-state index contributed by atoms with van der Waals surface area (Å²) in [5.41, 5.74) is 3.14. The zero-order chi connectivity index (χ0) is 16.1. The predicted octanol–water partition coefficient (Wildman–Crippen LogP) is 4.08.